The van der Waals surface area contributed by atoms with Gasteiger partial charge in [-0.1, -0.05) is 13.0 Å². The average molecular weight is 254 g/mol. The summed E-state index contributed by atoms with van der Waals surface area (Å²) >= 11 is 0. The summed E-state index contributed by atoms with van der Waals surface area (Å²) in [5.41, 5.74) is 0.428. The minimum absolute atomic E-state index is 0.0473. The van der Waals surface area contributed by atoms with Crippen molar-refractivity contribution in [1.82, 2.24) is 0 Å². The lowest BCUT2D eigenvalue weighted by atomic mass is 10.2. The number of hydrogen-bond donors (Lipinski definition) is 1. The Morgan fingerprint density at radius 2 is 2.17 bits per heavy atom. The average Bonchev–Trinajstić information content (AvgIpc) is 2.37. The third kappa shape index (κ3) is 3.10. The molecule has 0 saturated heterocycles. The van der Waals surface area contributed by atoms with Gasteiger partial charge >= 0.3 is 5.69 Å². The SMILES string of the molecule is CCCN(CCO)c1cccc(OC)c1[N+](=O)[O-]. The molecule has 0 amide bonds. The first-order chi connectivity index (χ1) is 8.65. The van der Waals surface area contributed by atoms with E-state index in [0.29, 0.717) is 18.8 Å². The second-order valence-electron chi connectivity index (χ2n) is 3.80. The smallest absolute Gasteiger partial charge is 0.333 e. The molecular formula is C12H18N2O4. The van der Waals surface area contributed by atoms with E-state index in [4.69, 9.17) is 9.84 Å². The second kappa shape index (κ2) is 6.80. The van der Waals surface area contributed by atoms with Crippen molar-refractivity contribution in [2.24, 2.45) is 0 Å². The summed E-state index contributed by atoms with van der Waals surface area (Å²) < 4.78 is 5.02. The highest BCUT2D eigenvalue weighted by Crippen LogP contribution is 2.36. The number of nitro groups is 1. The fourth-order valence-electron chi connectivity index (χ4n) is 1.86. The number of methoxy groups -OCH3 is 1. The highest BCUT2D eigenvalue weighted by molar-refractivity contribution is 5.69. The van der Waals surface area contributed by atoms with Crippen molar-refractivity contribution >= 4 is 11.4 Å². The van der Waals surface area contributed by atoms with Crippen LogP contribution in [0.15, 0.2) is 18.2 Å². The summed E-state index contributed by atoms with van der Waals surface area (Å²) in [7, 11) is 1.41. The van der Waals surface area contributed by atoms with Gasteiger partial charge in [0, 0.05) is 13.1 Å². The lowest BCUT2D eigenvalue weighted by Crippen LogP contribution is -2.28. The maximum absolute atomic E-state index is 11.2. The van der Waals surface area contributed by atoms with Crippen LogP contribution in [0.5, 0.6) is 5.75 Å². The van der Waals surface area contributed by atoms with Gasteiger partial charge in [-0.2, -0.15) is 0 Å². The van der Waals surface area contributed by atoms with E-state index in [-0.39, 0.29) is 18.0 Å². The summed E-state index contributed by atoms with van der Waals surface area (Å²) in [6.07, 6.45) is 0.842. The lowest BCUT2D eigenvalue weighted by Gasteiger charge is -2.23. The van der Waals surface area contributed by atoms with Crippen molar-refractivity contribution in [3.8, 4) is 5.75 Å². The molecule has 0 aromatic heterocycles. The number of ether oxygens (including phenoxy) is 1. The van der Waals surface area contributed by atoms with Gasteiger partial charge in [0.05, 0.1) is 18.6 Å². The number of para-hydroxylation sites is 1. The van der Waals surface area contributed by atoms with Crippen LogP contribution in [0, 0.1) is 10.1 Å². The van der Waals surface area contributed by atoms with Gasteiger partial charge in [-0.3, -0.25) is 10.1 Å². The third-order valence-corrected chi connectivity index (χ3v) is 2.58. The molecule has 0 aliphatic rings. The Kier molecular flexibility index (Phi) is 5.38. The number of nitrogens with zero attached hydrogens (tertiary/aromatic N) is 2. The van der Waals surface area contributed by atoms with Crippen LogP contribution < -0.4 is 9.64 Å². The molecule has 1 aromatic rings. The van der Waals surface area contributed by atoms with E-state index >= 15 is 0 Å². The van der Waals surface area contributed by atoms with Gasteiger partial charge in [-0.15, -0.1) is 0 Å². The summed E-state index contributed by atoms with van der Waals surface area (Å²) in [5, 5.41) is 20.2. The molecule has 1 aromatic carbocycles. The number of benzene rings is 1. The molecule has 0 saturated carbocycles. The van der Waals surface area contributed by atoms with Crippen molar-refractivity contribution < 1.29 is 14.8 Å². The maximum Gasteiger partial charge on any atom is 0.333 e. The van der Waals surface area contributed by atoms with E-state index < -0.39 is 4.92 Å². The molecular weight excluding hydrogens is 236 g/mol. The first-order valence-electron chi connectivity index (χ1n) is 5.82. The van der Waals surface area contributed by atoms with Crippen LogP contribution in [0.2, 0.25) is 0 Å². The first kappa shape index (κ1) is 14.2. The summed E-state index contributed by atoms with van der Waals surface area (Å²) in [6, 6.07) is 4.94. The normalized spacial score (nSPS) is 10.2. The van der Waals surface area contributed by atoms with E-state index in [1.165, 1.54) is 7.11 Å². The van der Waals surface area contributed by atoms with Crippen LogP contribution in [0.1, 0.15) is 13.3 Å². The number of hydrogen-bond acceptors (Lipinski definition) is 5. The molecule has 0 spiro atoms. The largest absolute Gasteiger partial charge is 0.490 e. The molecule has 0 radical (unpaired) electrons. The molecule has 0 fully saturated rings. The van der Waals surface area contributed by atoms with E-state index in [9.17, 15) is 10.1 Å². The molecule has 6 heteroatoms. The Balaban J connectivity index is 3.23. The predicted octanol–water partition coefficient (Wildman–Crippen LogP) is 1.81. The van der Waals surface area contributed by atoms with Crippen LogP contribution in [0.25, 0.3) is 0 Å². The van der Waals surface area contributed by atoms with Gasteiger partial charge < -0.3 is 14.7 Å². The number of aliphatic hydroxyl groups is 1. The molecule has 1 N–H and O–H groups in total. The zero-order chi connectivity index (χ0) is 13.5. The number of rotatable bonds is 7. The Labute approximate surface area is 106 Å². The Bertz CT molecular complexity index is 403. The van der Waals surface area contributed by atoms with Crippen LogP contribution >= 0.6 is 0 Å². The molecule has 0 heterocycles. The Hall–Kier alpha value is -1.82. The molecule has 1 rings (SSSR count). The van der Waals surface area contributed by atoms with Crippen molar-refractivity contribution in [2.75, 3.05) is 31.7 Å². The molecule has 0 aliphatic heterocycles. The number of aliphatic hydroxyl groups excluding tert-OH is 1. The van der Waals surface area contributed by atoms with Crippen molar-refractivity contribution in [3.05, 3.63) is 28.3 Å². The minimum Gasteiger partial charge on any atom is -0.490 e. The van der Waals surface area contributed by atoms with Gasteiger partial charge in [0.15, 0.2) is 5.75 Å². The standard InChI is InChI=1S/C12H18N2O4/c1-3-7-13(8-9-15)10-5-4-6-11(18-2)12(10)14(16)17/h4-6,15H,3,7-9H2,1-2H3. The van der Waals surface area contributed by atoms with E-state index in [1.54, 1.807) is 23.1 Å². The van der Waals surface area contributed by atoms with Crippen molar-refractivity contribution in [3.63, 3.8) is 0 Å². The van der Waals surface area contributed by atoms with Crippen LogP contribution in [0.4, 0.5) is 11.4 Å². The highest BCUT2D eigenvalue weighted by Gasteiger charge is 2.23. The predicted molar refractivity (Wildman–Crippen MR) is 69.2 cm³/mol. The van der Waals surface area contributed by atoms with Gasteiger partial charge in [0.2, 0.25) is 0 Å². The minimum atomic E-state index is -0.450. The molecule has 0 unspecified atom stereocenters. The zero-order valence-electron chi connectivity index (χ0n) is 10.6. The van der Waals surface area contributed by atoms with Crippen LogP contribution in [-0.2, 0) is 0 Å². The molecule has 100 valence electrons. The molecule has 0 bridgehead atoms. The summed E-state index contributed by atoms with van der Waals surface area (Å²) in [4.78, 5) is 12.5. The monoisotopic (exact) mass is 254 g/mol. The number of anilines is 1. The van der Waals surface area contributed by atoms with Gasteiger partial charge in [0.1, 0.15) is 5.69 Å². The van der Waals surface area contributed by atoms with Crippen LogP contribution in [-0.4, -0.2) is 36.8 Å². The van der Waals surface area contributed by atoms with Crippen LogP contribution in [0.3, 0.4) is 0 Å². The lowest BCUT2D eigenvalue weighted by molar-refractivity contribution is -0.385. The van der Waals surface area contributed by atoms with E-state index in [0.717, 1.165) is 6.42 Å². The molecule has 0 aliphatic carbocycles. The van der Waals surface area contributed by atoms with Gasteiger partial charge in [-0.05, 0) is 18.6 Å². The quantitative estimate of drug-likeness (QED) is 0.593. The van der Waals surface area contributed by atoms with Gasteiger partial charge in [-0.25, -0.2) is 0 Å². The third-order valence-electron chi connectivity index (χ3n) is 2.58. The fraction of sp³-hybridized carbons (Fsp3) is 0.500. The first-order valence-corrected chi connectivity index (χ1v) is 5.82. The summed E-state index contributed by atoms with van der Waals surface area (Å²) in [5.74, 6) is 0.233. The summed E-state index contributed by atoms with van der Waals surface area (Å²) in [6.45, 7) is 2.95. The maximum atomic E-state index is 11.2. The number of nitro benzene ring substituents is 1. The van der Waals surface area contributed by atoms with Crippen molar-refractivity contribution in [2.45, 2.75) is 13.3 Å². The Morgan fingerprint density at radius 3 is 2.67 bits per heavy atom. The Morgan fingerprint density at radius 1 is 1.44 bits per heavy atom. The highest BCUT2D eigenvalue weighted by atomic mass is 16.6. The van der Waals surface area contributed by atoms with E-state index in [2.05, 4.69) is 0 Å². The molecule has 18 heavy (non-hydrogen) atoms. The molecule has 6 nitrogen and oxygen atoms in total. The fourth-order valence-corrected chi connectivity index (χ4v) is 1.86. The topological polar surface area (TPSA) is 75.8 Å². The van der Waals surface area contributed by atoms with E-state index in [1.807, 2.05) is 6.92 Å². The van der Waals surface area contributed by atoms with Crippen molar-refractivity contribution in [1.29, 1.82) is 0 Å². The zero-order valence-corrected chi connectivity index (χ0v) is 10.6. The van der Waals surface area contributed by atoms with Gasteiger partial charge in [0.25, 0.3) is 0 Å². The second-order valence-corrected chi connectivity index (χ2v) is 3.80. The molecule has 0 atom stereocenters.